The van der Waals surface area contributed by atoms with Gasteiger partial charge in [-0.15, -0.1) is 0 Å². The average Bonchev–Trinajstić information content (AvgIpc) is 2.78. The number of carbonyl (C=O) groups excluding carboxylic acids is 2. The third-order valence-corrected chi connectivity index (χ3v) is 5.53. The number of amides is 2. The molecule has 0 unspecified atom stereocenters. The molecule has 1 aliphatic heterocycles. The standard InChI is InChI=1S/C21H32BClN2O5/c1-19(2,3)28-18(27)24-12-17(26)25(8)13-14-9-10-15(16(23)11-14)22-29-20(4,5)21(6,7)30-22/h9-11H,12-13H2,1-8H3,(H,24,27). The van der Waals surface area contributed by atoms with Crippen LogP contribution in [0.25, 0.3) is 0 Å². The number of carbonyl (C=O) groups is 2. The van der Waals surface area contributed by atoms with E-state index in [2.05, 4.69) is 5.32 Å². The Kier molecular flexibility index (Phi) is 7.16. The lowest BCUT2D eigenvalue weighted by Gasteiger charge is -2.32. The molecule has 1 heterocycles. The number of rotatable bonds is 5. The van der Waals surface area contributed by atoms with Gasteiger partial charge in [-0.1, -0.05) is 23.7 Å². The van der Waals surface area contributed by atoms with Crippen molar-refractivity contribution in [3.8, 4) is 0 Å². The number of nitrogens with one attached hydrogen (secondary N) is 1. The van der Waals surface area contributed by atoms with Gasteiger partial charge in [0.15, 0.2) is 0 Å². The van der Waals surface area contributed by atoms with Gasteiger partial charge in [0.05, 0.1) is 11.2 Å². The van der Waals surface area contributed by atoms with E-state index >= 15 is 0 Å². The van der Waals surface area contributed by atoms with Crippen LogP contribution in [0.1, 0.15) is 54.0 Å². The van der Waals surface area contributed by atoms with Gasteiger partial charge in [0.25, 0.3) is 0 Å². The highest BCUT2D eigenvalue weighted by molar-refractivity contribution is 6.65. The largest absolute Gasteiger partial charge is 0.496 e. The van der Waals surface area contributed by atoms with Crippen molar-refractivity contribution >= 4 is 36.2 Å². The van der Waals surface area contributed by atoms with Crippen molar-refractivity contribution in [3.05, 3.63) is 28.8 Å². The highest BCUT2D eigenvalue weighted by Gasteiger charge is 2.52. The summed E-state index contributed by atoms with van der Waals surface area (Å²) in [5, 5.41) is 2.98. The zero-order valence-electron chi connectivity index (χ0n) is 19.1. The van der Waals surface area contributed by atoms with Gasteiger partial charge in [-0.3, -0.25) is 4.79 Å². The van der Waals surface area contributed by atoms with Crippen LogP contribution in [-0.4, -0.2) is 54.4 Å². The molecule has 0 radical (unpaired) electrons. The first-order valence-electron chi connectivity index (χ1n) is 9.96. The Morgan fingerprint density at radius 1 is 1.17 bits per heavy atom. The quantitative estimate of drug-likeness (QED) is 0.715. The molecule has 1 saturated heterocycles. The third kappa shape index (κ3) is 6.12. The molecular weight excluding hydrogens is 407 g/mol. The van der Waals surface area contributed by atoms with Gasteiger partial charge in [0.1, 0.15) is 12.1 Å². The van der Waals surface area contributed by atoms with Crippen LogP contribution in [-0.2, 0) is 25.4 Å². The highest BCUT2D eigenvalue weighted by Crippen LogP contribution is 2.37. The Morgan fingerprint density at radius 3 is 2.23 bits per heavy atom. The van der Waals surface area contributed by atoms with Crippen LogP contribution in [0, 0.1) is 0 Å². The molecule has 166 valence electrons. The normalized spacial score (nSPS) is 17.6. The van der Waals surface area contributed by atoms with E-state index in [4.69, 9.17) is 25.6 Å². The van der Waals surface area contributed by atoms with Crippen LogP contribution in [0.15, 0.2) is 18.2 Å². The fraction of sp³-hybridized carbons (Fsp3) is 0.619. The predicted molar refractivity (Wildman–Crippen MR) is 118 cm³/mol. The minimum atomic E-state index is -0.626. The molecule has 1 aliphatic rings. The number of likely N-dealkylation sites (N-methyl/N-ethyl adjacent to an activating group) is 1. The Morgan fingerprint density at radius 2 is 1.73 bits per heavy atom. The van der Waals surface area contributed by atoms with Crippen molar-refractivity contribution in [1.29, 1.82) is 0 Å². The highest BCUT2D eigenvalue weighted by atomic mass is 35.5. The molecule has 30 heavy (non-hydrogen) atoms. The summed E-state index contributed by atoms with van der Waals surface area (Å²) in [6.07, 6.45) is -0.626. The van der Waals surface area contributed by atoms with Crippen LogP contribution >= 0.6 is 11.6 Å². The molecule has 1 fully saturated rings. The predicted octanol–water partition coefficient (Wildman–Crippen LogP) is 3.12. The third-order valence-electron chi connectivity index (χ3n) is 5.20. The maximum Gasteiger partial charge on any atom is 0.496 e. The van der Waals surface area contributed by atoms with E-state index in [0.29, 0.717) is 11.6 Å². The number of benzene rings is 1. The first-order valence-corrected chi connectivity index (χ1v) is 10.3. The number of hydrogen-bond acceptors (Lipinski definition) is 5. The first-order chi connectivity index (χ1) is 13.6. The topological polar surface area (TPSA) is 77.1 Å². The van der Waals surface area contributed by atoms with E-state index in [-0.39, 0.29) is 12.5 Å². The van der Waals surface area contributed by atoms with E-state index in [9.17, 15) is 9.59 Å². The Bertz CT molecular complexity index is 791. The van der Waals surface area contributed by atoms with Gasteiger partial charge >= 0.3 is 13.2 Å². The summed E-state index contributed by atoms with van der Waals surface area (Å²) < 4.78 is 17.2. The molecule has 1 aromatic carbocycles. The van der Waals surface area contributed by atoms with E-state index in [1.54, 1.807) is 33.9 Å². The summed E-state index contributed by atoms with van der Waals surface area (Å²) in [6, 6.07) is 5.54. The van der Waals surface area contributed by atoms with Crippen molar-refractivity contribution in [2.45, 2.75) is 71.8 Å². The lowest BCUT2D eigenvalue weighted by atomic mass is 9.78. The fourth-order valence-corrected chi connectivity index (χ4v) is 3.08. The molecule has 7 nitrogen and oxygen atoms in total. The van der Waals surface area contributed by atoms with Crippen molar-refractivity contribution in [2.75, 3.05) is 13.6 Å². The number of alkyl carbamates (subject to hydrolysis) is 1. The second-order valence-electron chi connectivity index (χ2n) is 9.55. The molecule has 0 aromatic heterocycles. The number of ether oxygens (including phenoxy) is 1. The Hall–Kier alpha value is -1.77. The Balaban J connectivity index is 1.96. The molecular formula is C21H32BClN2O5. The van der Waals surface area contributed by atoms with Gasteiger partial charge < -0.3 is 24.3 Å². The van der Waals surface area contributed by atoms with Crippen LogP contribution in [0.5, 0.6) is 0 Å². The van der Waals surface area contributed by atoms with E-state index < -0.39 is 30.0 Å². The molecule has 2 rings (SSSR count). The molecule has 1 N–H and O–H groups in total. The van der Waals surface area contributed by atoms with E-state index in [1.165, 1.54) is 4.90 Å². The van der Waals surface area contributed by atoms with Crippen molar-refractivity contribution in [2.24, 2.45) is 0 Å². The lowest BCUT2D eigenvalue weighted by Crippen LogP contribution is -2.41. The summed E-state index contributed by atoms with van der Waals surface area (Å²) in [6.45, 7) is 13.4. The molecule has 0 atom stereocenters. The zero-order valence-corrected chi connectivity index (χ0v) is 19.8. The van der Waals surface area contributed by atoms with Crippen LogP contribution in [0.3, 0.4) is 0 Å². The fourth-order valence-electron chi connectivity index (χ4n) is 2.79. The molecule has 0 bridgehead atoms. The summed E-state index contributed by atoms with van der Waals surface area (Å²) in [5.41, 5.74) is 0.0864. The number of halogens is 1. The molecule has 1 aromatic rings. The number of nitrogens with zero attached hydrogens (tertiary/aromatic N) is 1. The number of hydrogen-bond donors (Lipinski definition) is 1. The summed E-state index contributed by atoms with van der Waals surface area (Å²) >= 11 is 6.49. The second-order valence-corrected chi connectivity index (χ2v) is 9.96. The van der Waals surface area contributed by atoms with Crippen LogP contribution < -0.4 is 10.8 Å². The van der Waals surface area contributed by atoms with Gasteiger partial charge in [0.2, 0.25) is 5.91 Å². The summed E-state index contributed by atoms with van der Waals surface area (Å²) in [7, 11) is 1.11. The second kappa shape index (κ2) is 8.77. The average molecular weight is 439 g/mol. The smallest absolute Gasteiger partial charge is 0.444 e. The SMILES string of the molecule is CN(Cc1ccc(B2OC(C)(C)C(C)(C)O2)c(Cl)c1)C(=O)CNC(=O)OC(C)(C)C. The van der Waals surface area contributed by atoms with Crippen molar-refractivity contribution < 1.29 is 23.6 Å². The first kappa shape index (κ1) is 24.5. The maximum absolute atomic E-state index is 12.3. The van der Waals surface area contributed by atoms with E-state index in [0.717, 1.165) is 11.0 Å². The van der Waals surface area contributed by atoms with E-state index in [1.807, 2.05) is 39.8 Å². The lowest BCUT2D eigenvalue weighted by molar-refractivity contribution is -0.129. The van der Waals surface area contributed by atoms with Gasteiger partial charge in [0, 0.05) is 24.1 Å². The minimum absolute atomic E-state index is 0.148. The van der Waals surface area contributed by atoms with Gasteiger partial charge in [-0.25, -0.2) is 4.79 Å². The van der Waals surface area contributed by atoms with Gasteiger partial charge in [-0.2, -0.15) is 0 Å². The van der Waals surface area contributed by atoms with Crippen molar-refractivity contribution in [1.82, 2.24) is 10.2 Å². The summed E-state index contributed by atoms with van der Waals surface area (Å²) in [5.74, 6) is -0.244. The monoisotopic (exact) mass is 438 g/mol. The maximum atomic E-state index is 12.3. The molecule has 0 spiro atoms. The molecule has 0 saturated carbocycles. The van der Waals surface area contributed by atoms with Gasteiger partial charge in [-0.05, 0) is 60.1 Å². The zero-order chi connectivity index (χ0) is 22.9. The Labute approximate surface area is 184 Å². The van der Waals surface area contributed by atoms with Crippen LogP contribution in [0.4, 0.5) is 4.79 Å². The minimum Gasteiger partial charge on any atom is -0.444 e. The molecule has 9 heteroatoms. The molecule has 0 aliphatic carbocycles. The van der Waals surface area contributed by atoms with Crippen molar-refractivity contribution in [3.63, 3.8) is 0 Å². The summed E-state index contributed by atoms with van der Waals surface area (Å²) in [4.78, 5) is 25.5. The van der Waals surface area contributed by atoms with Crippen LogP contribution in [0.2, 0.25) is 5.02 Å². The molecule has 2 amide bonds.